The van der Waals surface area contributed by atoms with E-state index >= 15 is 0 Å². The lowest BCUT2D eigenvalue weighted by atomic mass is 9.95. The van der Waals surface area contributed by atoms with Gasteiger partial charge in [-0.25, -0.2) is 0 Å². The molecule has 1 unspecified atom stereocenters. The number of nitrogens with zero attached hydrogens (tertiary/aromatic N) is 1. The van der Waals surface area contributed by atoms with Crippen molar-refractivity contribution in [3.05, 3.63) is 63.6 Å². The van der Waals surface area contributed by atoms with E-state index in [4.69, 9.17) is 9.47 Å². The number of Topliss-reactive ketones (excluding diaryl/α,β-unsaturated/α-hetero) is 1. The lowest BCUT2D eigenvalue weighted by Gasteiger charge is -2.25. The number of benzene rings is 2. The van der Waals surface area contributed by atoms with E-state index in [1.165, 1.54) is 24.1 Å². The highest BCUT2D eigenvalue weighted by atomic mass is 79.9. The summed E-state index contributed by atoms with van der Waals surface area (Å²) in [6, 6.07) is 10.3. The standard InChI is InChI=1S/C23H24BrNO6/c1-13(2)31-11-10-25-20(14-4-7-16(26)8-5-14)19(22(28)23(25)29)21(27)15-6-9-18(30-3)17(24)12-15/h4-9,12-13,20,26-27H,10-11H2,1-3H3/b21-19-. The molecular weight excluding hydrogens is 466 g/mol. The molecule has 8 heteroatoms. The molecule has 7 nitrogen and oxygen atoms in total. The number of hydrogen-bond acceptors (Lipinski definition) is 6. The molecule has 1 aliphatic heterocycles. The molecule has 1 fully saturated rings. The normalized spacial score (nSPS) is 18.1. The average Bonchev–Trinajstić information content (AvgIpc) is 2.98. The number of carbonyl (C=O) groups is 2. The zero-order valence-electron chi connectivity index (χ0n) is 17.5. The molecule has 0 aromatic heterocycles. The lowest BCUT2D eigenvalue weighted by molar-refractivity contribution is -0.140. The van der Waals surface area contributed by atoms with Crippen LogP contribution in [0.4, 0.5) is 0 Å². The number of methoxy groups -OCH3 is 1. The van der Waals surface area contributed by atoms with Gasteiger partial charge in [-0.05, 0) is 65.7 Å². The van der Waals surface area contributed by atoms with Gasteiger partial charge in [0.25, 0.3) is 11.7 Å². The molecule has 1 heterocycles. The second-order valence-corrected chi connectivity index (χ2v) is 8.21. The predicted molar refractivity (Wildman–Crippen MR) is 119 cm³/mol. The molecule has 1 amide bonds. The number of phenols is 1. The summed E-state index contributed by atoms with van der Waals surface area (Å²) in [5, 5.41) is 20.7. The van der Waals surface area contributed by atoms with Gasteiger partial charge in [-0.1, -0.05) is 12.1 Å². The Kier molecular flexibility index (Phi) is 7.02. The number of carbonyl (C=O) groups excluding carboxylic acids is 2. The molecule has 0 bridgehead atoms. The molecule has 3 rings (SSSR count). The van der Waals surface area contributed by atoms with Gasteiger partial charge in [0.15, 0.2) is 0 Å². The number of ketones is 1. The second-order valence-electron chi connectivity index (χ2n) is 7.35. The second kappa shape index (κ2) is 9.53. The topological polar surface area (TPSA) is 96.3 Å². The fourth-order valence-corrected chi connectivity index (χ4v) is 4.01. The van der Waals surface area contributed by atoms with Crippen molar-refractivity contribution in [2.24, 2.45) is 0 Å². The molecule has 2 N–H and O–H groups in total. The Hall–Kier alpha value is -2.84. The number of amides is 1. The number of hydrogen-bond donors (Lipinski definition) is 2. The fraction of sp³-hybridized carbons (Fsp3) is 0.304. The molecule has 2 aromatic rings. The molecule has 0 spiro atoms. The Morgan fingerprint density at radius 3 is 2.42 bits per heavy atom. The Bertz CT molecular complexity index is 1020. The first-order chi connectivity index (χ1) is 14.7. The SMILES string of the molecule is COc1ccc(/C(O)=C2/C(=O)C(=O)N(CCOC(C)C)C2c2ccc(O)cc2)cc1Br. The van der Waals surface area contributed by atoms with Crippen LogP contribution in [0, 0.1) is 0 Å². The minimum Gasteiger partial charge on any atom is -0.508 e. The van der Waals surface area contributed by atoms with Crippen LogP contribution in [0.25, 0.3) is 5.76 Å². The predicted octanol–water partition coefficient (Wildman–Crippen LogP) is 4.01. The summed E-state index contributed by atoms with van der Waals surface area (Å²) in [7, 11) is 1.52. The Morgan fingerprint density at radius 2 is 1.84 bits per heavy atom. The smallest absolute Gasteiger partial charge is 0.295 e. The summed E-state index contributed by atoms with van der Waals surface area (Å²) in [6.07, 6.45) is -0.0272. The van der Waals surface area contributed by atoms with Gasteiger partial charge in [0, 0.05) is 12.1 Å². The number of halogens is 1. The monoisotopic (exact) mass is 489 g/mol. The quantitative estimate of drug-likeness (QED) is 0.346. The van der Waals surface area contributed by atoms with E-state index in [1.807, 2.05) is 13.8 Å². The minimum atomic E-state index is -0.808. The number of phenolic OH excluding ortho intramolecular Hbond substituents is 1. The number of aromatic hydroxyl groups is 1. The van der Waals surface area contributed by atoms with Crippen molar-refractivity contribution >= 4 is 33.4 Å². The van der Waals surface area contributed by atoms with Crippen molar-refractivity contribution in [3.63, 3.8) is 0 Å². The van der Waals surface area contributed by atoms with E-state index in [2.05, 4.69) is 15.9 Å². The first kappa shape index (κ1) is 22.8. The summed E-state index contributed by atoms with van der Waals surface area (Å²) in [6.45, 7) is 4.19. The minimum absolute atomic E-state index is 0.0164. The molecule has 1 aliphatic rings. The zero-order chi connectivity index (χ0) is 22.7. The summed E-state index contributed by atoms with van der Waals surface area (Å²) in [4.78, 5) is 27.2. The largest absolute Gasteiger partial charge is 0.508 e. The number of ether oxygens (including phenoxy) is 2. The number of likely N-dealkylation sites (tertiary alicyclic amines) is 1. The highest BCUT2D eigenvalue weighted by molar-refractivity contribution is 9.10. The maximum Gasteiger partial charge on any atom is 0.295 e. The zero-order valence-corrected chi connectivity index (χ0v) is 19.0. The number of rotatable bonds is 7. The van der Waals surface area contributed by atoms with Crippen molar-refractivity contribution < 1.29 is 29.3 Å². The third-order valence-corrected chi connectivity index (χ3v) is 5.58. The van der Waals surface area contributed by atoms with E-state index in [1.54, 1.807) is 30.3 Å². The van der Waals surface area contributed by atoms with Crippen LogP contribution < -0.4 is 4.74 Å². The van der Waals surface area contributed by atoms with Crippen LogP contribution in [0.15, 0.2) is 52.5 Å². The molecule has 31 heavy (non-hydrogen) atoms. The van der Waals surface area contributed by atoms with Crippen LogP contribution in [-0.2, 0) is 14.3 Å². The summed E-state index contributed by atoms with van der Waals surface area (Å²) in [5.41, 5.74) is 0.945. The van der Waals surface area contributed by atoms with Crippen LogP contribution in [0.3, 0.4) is 0 Å². The third-order valence-electron chi connectivity index (χ3n) is 4.96. The van der Waals surface area contributed by atoms with Crippen LogP contribution in [-0.4, -0.2) is 53.2 Å². The maximum absolute atomic E-state index is 13.0. The Balaban J connectivity index is 2.10. The highest BCUT2D eigenvalue weighted by Gasteiger charge is 2.45. The van der Waals surface area contributed by atoms with Crippen LogP contribution >= 0.6 is 15.9 Å². The third kappa shape index (κ3) is 4.75. The van der Waals surface area contributed by atoms with E-state index < -0.39 is 17.7 Å². The molecule has 0 aliphatic carbocycles. The van der Waals surface area contributed by atoms with Crippen molar-refractivity contribution in [2.75, 3.05) is 20.3 Å². The van der Waals surface area contributed by atoms with Gasteiger partial charge in [-0.15, -0.1) is 0 Å². The van der Waals surface area contributed by atoms with Crippen molar-refractivity contribution in [1.29, 1.82) is 0 Å². The van der Waals surface area contributed by atoms with Gasteiger partial charge in [-0.2, -0.15) is 0 Å². The summed E-state index contributed by atoms with van der Waals surface area (Å²) >= 11 is 3.37. The Labute approximate surface area is 189 Å². The van der Waals surface area contributed by atoms with Gasteiger partial charge < -0.3 is 24.6 Å². The molecule has 2 aromatic carbocycles. The molecular formula is C23H24BrNO6. The van der Waals surface area contributed by atoms with Gasteiger partial charge in [-0.3, -0.25) is 9.59 Å². The first-order valence-corrected chi connectivity index (χ1v) is 10.6. The van der Waals surface area contributed by atoms with E-state index in [0.29, 0.717) is 21.3 Å². The molecule has 1 saturated heterocycles. The van der Waals surface area contributed by atoms with Crippen LogP contribution in [0.2, 0.25) is 0 Å². The lowest BCUT2D eigenvalue weighted by Crippen LogP contribution is -2.33. The van der Waals surface area contributed by atoms with Gasteiger partial charge in [0.2, 0.25) is 0 Å². The first-order valence-electron chi connectivity index (χ1n) is 9.77. The van der Waals surface area contributed by atoms with Crippen LogP contribution in [0.1, 0.15) is 31.0 Å². The fourth-order valence-electron chi connectivity index (χ4n) is 3.47. The van der Waals surface area contributed by atoms with Crippen molar-refractivity contribution in [3.8, 4) is 11.5 Å². The average molecular weight is 490 g/mol. The van der Waals surface area contributed by atoms with Crippen molar-refractivity contribution in [2.45, 2.75) is 26.0 Å². The molecule has 1 atom stereocenters. The Morgan fingerprint density at radius 1 is 1.16 bits per heavy atom. The molecule has 0 radical (unpaired) electrons. The van der Waals surface area contributed by atoms with Crippen molar-refractivity contribution in [1.82, 2.24) is 4.90 Å². The summed E-state index contributed by atoms with van der Waals surface area (Å²) in [5.74, 6) is -1.14. The number of aliphatic hydroxyl groups excluding tert-OH is 1. The highest BCUT2D eigenvalue weighted by Crippen LogP contribution is 2.40. The van der Waals surface area contributed by atoms with Gasteiger partial charge >= 0.3 is 0 Å². The van der Waals surface area contributed by atoms with E-state index in [9.17, 15) is 19.8 Å². The molecule has 164 valence electrons. The van der Waals surface area contributed by atoms with Crippen LogP contribution in [0.5, 0.6) is 11.5 Å². The maximum atomic E-state index is 13.0. The van der Waals surface area contributed by atoms with Gasteiger partial charge in [0.1, 0.15) is 17.3 Å². The summed E-state index contributed by atoms with van der Waals surface area (Å²) < 4.78 is 11.4. The van der Waals surface area contributed by atoms with E-state index in [0.717, 1.165) is 0 Å². The van der Waals surface area contributed by atoms with Gasteiger partial charge in [0.05, 0.1) is 35.9 Å². The molecule has 0 saturated carbocycles. The van der Waals surface area contributed by atoms with E-state index in [-0.39, 0.29) is 36.3 Å². The number of aliphatic hydroxyl groups is 1.